The Morgan fingerprint density at radius 1 is 1.17 bits per heavy atom. The van der Waals surface area contributed by atoms with Gasteiger partial charge in [0.25, 0.3) is 0 Å². The summed E-state index contributed by atoms with van der Waals surface area (Å²) in [4.78, 5) is 16.4. The number of hydrogen-bond donors (Lipinski definition) is 0. The number of aryl methyl sites for hydroxylation is 2. The molecule has 0 unspecified atom stereocenters. The van der Waals surface area contributed by atoms with Crippen LogP contribution in [-0.2, 0) is 0 Å². The number of benzene rings is 1. The first-order chi connectivity index (χ1) is 8.63. The van der Waals surface area contributed by atoms with Gasteiger partial charge in [-0.25, -0.2) is 4.98 Å². The number of pyridine rings is 1. The van der Waals surface area contributed by atoms with E-state index in [1.807, 2.05) is 32.0 Å². The lowest BCUT2D eigenvalue weighted by Gasteiger charge is -2.07. The predicted molar refractivity (Wildman–Crippen MR) is 70.1 cm³/mol. The maximum Gasteiger partial charge on any atom is 0.224 e. The van der Waals surface area contributed by atoms with Gasteiger partial charge in [-0.1, -0.05) is 12.1 Å². The third-order valence-electron chi connectivity index (χ3n) is 2.98. The van der Waals surface area contributed by atoms with Gasteiger partial charge in [0.1, 0.15) is 0 Å². The van der Waals surface area contributed by atoms with Gasteiger partial charge in [-0.05, 0) is 43.2 Å². The fourth-order valence-electron chi connectivity index (χ4n) is 1.76. The van der Waals surface area contributed by atoms with Crippen LogP contribution in [-0.4, -0.2) is 17.9 Å². The minimum Gasteiger partial charge on any atom is -0.480 e. The molecule has 0 saturated carbocycles. The Labute approximate surface area is 106 Å². The minimum atomic E-state index is -0.0666. The zero-order valence-electron chi connectivity index (χ0n) is 10.7. The third-order valence-corrected chi connectivity index (χ3v) is 2.98. The van der Waals surface area contributed by atoms with Gasteiger partial charge in [0, 0.05) is 11.8 Å². The maximum atomic E-state index is 12.4. The average molecular weight is 241 g/mol. The van der Waals surface area contributed by atoms with E-state index in [4.69, 9.17) is 4.74 Å². The molecule has 0 N–H and O–H groups in total. The molecule has 1 heterocycles. The van der Waals surface area contributed by atoms with Crippen LogP contribution in [0.2, 0.25) is 0 Å². The van der Waals surface area contributed by atoms with Crippen LogP contribution in [0.5, 0.6) is 5.88 Å². The summed E-state index contributed by atoms with van der Waals surface area (Å²) in [6.07, 6.45) is 1.61. The Morgan fingerprint density at radius 3 is 2.61 bits per heavy atom. The van der Waals surface area contributed by atoms with Crippen molar-refractivity contribution in [2.24, 2.45) is 0 Å². The van der Waals surface area contributed by atoms with Crippen molar-refractivity contribution in [2.45, 2.75) is 13.8 Å². The van der Waals surface area contributed by atoms with Gasteiger partial charge >= 0.3 is 0 Å². The standard InChI is InChI=1S/C15H15NO2/c1-10-6-7-12(9-11(10)2)14(17)13-5-4-8-16-15(13)18-3/h4-9H,1-3H3. The van der Waals surface area contributed by atoms with Crippen molar-refractivity contribution < 1.29 is 9.53 Å². The van der Waals surface area contributed by atoms with Crippen LogP contribution in [0.1, 0.15) is 27.0 Å². The molecular weight excluding hydrogens is 226 g/mol. The number of rotatable bonds is 3. The molecule has 0 aliphatic rings. The van der Waals surface area contributed by atoms with Crippen molar-refractivity contribution in [3.8, 4) is 5.88 Å². The average Bonchev–Trinajstić information content (AvgIpc) is 2.41. The van der Waals surface area contributed by atoms with E-state index in [1.165, 1.54) is 12.7 Å². The molecule has 92 valence electrons. The second-order valence-corrected chi connectivity index (χ2v) is 4.19. The number of ketones is 1. The fraction of sp³-hybridized carbons (Fsp3) is 0.200. The molecule has 0 aliphatic carbocycles. The SMILES string of the molecule is COc1ncccc1C(=O)c1ccc(C)c(C)c1. The number of carbonyl (C=O) groups is 1. The predicted octanol–water partition coefficient (Wildman–Crippen LogP) is 2.94. The molecule has 2 rings (SSSR count). The Kier molecular flexibility index (Phi) is 3.42. The smallest absolute Gasteiger partial charge is 0.224 e. The van der Waals surface area contributed by atoms with Crippen LogP contribution in [0.3, 0.4) is 0 Å². The molecule has 0 bridgehead atoms. The molecular formula is C15H15NO2. The molecule has 18 heavy (non-hydrogen) atoms. The number of nitrogens with zero attached hydrogens (tertiary/aromatic N) is 1. The second-order valence-electron chi connectivity index (χ2n) is 4.19. The Morgan fingerprint density at radius 2 is 1.94 bits per heavy atom. The van der Waals surface area contributed by atoms with Crippen molar-refractivity contribution in [3.05, 3.63) is 58.8 Å². The first kappa shape index (κ1) is 12.3. The number of carbonyl (C=O) groups excluding carboxylic acids is 1. The van der Waals surface area contributed by atoms with Gasteiger partial charge in [0.05, 0.1) is 12.7 Å². The summed E-state index contributed by atoms with van der Waals surface area (Å²) in [5, 5.41) is 0. The zero-order valence-corrected chi connectivity index (χ0v) is 10.7. The topological polar surface area (TPSA) is 39.2 Å². The first-order valence-corrected chi connectivity index (χ1v) is 5.74. The van der Waals surface area contributed by atoms with Crippen molar-refractivity contribution in [1.29, 1.82) is 0 Å². The second kappa shape index (κ2) is 5.00. The van der Waals surface area contributed by atoms with E-state index in [2.05, 4.69) is 4.98 Å². The van der Waals surface area contributed by atoms with Crippen LogP contribution >= 0.6 is 0 Å². The van der Waals surface area contributed by atoms with Gasteiger partial charge in [-0.3, -0.25) is 4.79 Å². The molecule has 1 aromatic carbocycles. The number of hydrogen-bond acceptors (Lipinski definition) is 3. The van der Waals surface area contributed by atoms with Gasteiger partial charge in [-0.2, -0.15) is 0 Å². The molecule has 3 nitrogen and oxygen atoms in total. The van der Waals surface area contributed by atoms with Crippen molar-refractivity contribution in [2.75, 3.05) is 7.11 Å². The summed E-state index contributed by atoms with van der Waals surface area (Å²) in [5.41, 5.74) is 3.42. The van der Waals surface area contributed by atoms with Gasteiger partial charge in [-0.15, -0.1) is 0 Å². The summed E-state index contributed by atoms with van der Waals surface area (Å²) in [6.45, 7) is 4.01. The number of aromatic nitrogens is 1. The molecule has 0 aliphatic heterocycles. The molecule has 0 amide bonds. The van der Waals surface area contributed by atoms with E-state index in [0.717, 1.165) is 5.56 Å². The Hall–Kier alpha value is -2.16. The molecule has 1 aromatic heterocycles. The highest BCUT2D eigenvalue weighted by atomic mass is 16.5. The normalized spacial score (nSPS) is 10.2. The summed E-state index contributed by atoms with van der Waals surface area (Å²) < 4.78 is 5.11. The van der Waals surface area contributed by atoms with Gasteiger partial charge in [0.2, 0.25) is 5.88 Å². The van der Waals surface area contributed by atoms with E-state index in [0.29, 0.717) is 17.0 Å². The molecule has 2 aromatic rings. The highest BCUT2D eigenvalue weighted by Crippen LogP contribution is 2.20. The Bertz CT molecular complexity index is 591. The molecule has 0 spiro atoms. The monoisotopic (exact) mass is 241 g/mol. The van der Waals surface area contributed by atoms with Crippen LogP contribution in [0, 0.1) is 13.8 Å². The highest BCUT2D eigenvalue weighted by Gasteiger charge is 2.15. The third kappa shape index (κ3) is 2.25. The molecule has 0 fully saturated rings. The van der Waals surface area contributed by atoms with Crippen LogP contribution in [0.4, 0.5) is 0 Å². The van der Waals surface area contributed by atoms with Crippen molar-refractivity contribution in [3.63, 3.8) is 0 Å². The van der Waals surface area contributed by atoms with E-state index < -0.39 is 0 Å². The lowest BCUT2D eigenvalue weighted by atomic mass is 10.00. The van der Waals surface area contributed by atoms with E-state index in [1.54, 1.807) is 18.3 Å². The van der Waals surface area contributed by atoms with E-state index >= 15 is 0 Å². The fourth-order valence-corrected chi connectivity index (χ4v) is 1.76. The number of ether oxygens (including phenoxy) is 1. The maximum absolute atomic E-state index is 12.4. The summed E-state index contributed by atoms with van der Waals surface area (Å²) in [6, 6.07) is 9.13. The van der Waals surface area contributed by atoms with Crippen LogP contribution < -0.4 is 4.74 Å². The van der Waals surface area contributed by atoms with Gasteiger partial charge < -0.3 is 4.74 Å². The van der Waals surface area contributed by atoms with Crippen LogP contribution in [0.15, 0.2) is 36.5 Å². The Balaban J connectivity index is 2.44. The largest absolute Gasteiger partial charge is 0.480 e. The summed E-state index contributed by atoms with van der Waals surface area (Å²) >= 11 is 0. The minimum absolute atomic E-state index is 0.0666. The number of methoxy groups -OCH3 is 1. The lowest BCUT2D eigenvalue weighted by Crippen LogP contribution is -2.05. The highest BCUT2D eigenvalue weighted by molar-refractivity contribution is 6.10. The lowest BCUT2D eigenvalue weighted by molar-refractivity contribution is 0.103. The quantitative estimate of drug-likeness (QED) is 0.775. The molecule has 0 radical (unpaired) electrons. The van der Waals surface area contributed by atoms with Crippen molar-refractivity contribution in [1.82, 2.24) is 4.98 Å². The molecule has 3 heteroatoms. The van der Waals surface area contributed by atoms with E-state index in [-0.39, 0.29) is 5.78 Å². The summed E-state index contributed by atoms with van der Waals surface area (Å²) in [5.74, 6) is 0.295. The van der Waals surface area contributed by atoms with Crippen molar-refractivity contribution >= 4 is 5.78 Å². The van der Waals surface area contributed by atoms with E-state index in [9.17, 15) is 4.79 Å². The summed E-state index contributed by atoms with van der Waals surface area (Å²) in [7, 11) is 1.51. The molecule has 0 saturated heterocycles. The first-order valence-electron chi connectivity index (χ1n) is 5.74. The van der Waals surface area contributed by atoms with Crippen LogP contribution in [0.25, 0.3) is 0 Å². The van der Waals surface area contributed by atoms with Gasteiger partial charge in [0.15, 0.2) is 5.78 Å². The zero-order chi connectivity index (χ0) is 13.1. The molecule has 0 atom stereocenters.